The molecule has 3 saturated heterocycles. The molecule has 4 heteroatoms. The van der Waals surface area contributed by atoms with E-state index in [0.29, 0.717) is 6.04 Å². The lowest BCUT2D eigenvalue weighted by atomic mass is 9.79. The molecule has 154 valence electrons. The Morgan fingerprint density at radius 2 is 1.08 bits per heavy atom. The predicted molar refractivity (Wildman–Crippen MR) is 114 cm³/mol. The van der Waals surface area contributed by atoms with E-state index in [1.54, 1.807) is 0 Å². The number of piperidine rings is 2. The second kappa shape index (κ2) is 11.6. The number of nitrogens with zero attached hydrogens (tertiary/aromatic N) is 4. The minimum absolute atomic E-state index is 0.714. The first kappa shape index (κ1) is 22.1. The van der Waals surface area contributed by atoms with Crippen LogP contribution in [0.4, 0.5) is 0 Å². The summed E-state index contributed by atoms with van der Waals surface area (Å²) in [5, 5.41) is 0. The Morgan fingerprint density at radius 1 is 0.654 bits per heavy atom. The molecule has 0 aromatic carbocycles. The van der Waals surface area contributed by atoms with Crippen molar-refractivity contribution in [2.75, 3.05) is 72.5 Å². The third kappa shape index (κ3) is 6.78. The molecule has 4 nitrogen and oxygen atoms in total. The largest absolute Gasteiger partial charge is 0.306 e. The topological polar surface area (TPSA) is 13.0 Å². The summed E-state index contributed by atoms with van der Waals surface area (Å²) in [6.45, 7) is 21.6. The first-order chi connectivity index (χ1) is 12.6. The van der Waals surface area contributed by atoms with E-state index in [4.69, 9.17) is 0 Å². The molecule has 0 saturated carbocycles. The van der Waals surface area contributed by atoms with Crippen molar-refractivity contribution in [2.24, 2.45) is 11.8 Å². The van der Waals surface area contributed by atoms with Gasteiger partial charge < -0.3 is 9.80 Å². The molecule has 3 aliphatic rings. The lowest BCUT2D eigenvalue weighted by Gasteiger charge is -2.41. The first-order valence-electron chi connectivity index (χ1n) is 11.5. The Bertz CT molecular complexity index is 349. The van der Waals surface area contributed by atoms with Crippen molar-refractivity contribution in [3.63, 3.8) is 0 Å². The van der Waals surface area contributed by atoms with Gasteiger partial charge in [0.05, 0.1) is 0 Å². The van der Waals surface area contributed by atoms with Crippen LogP contribution in [0.15, 0.2) is 0 Å². The smallest absolute Gasteiger partial charge is 0.0113 e. The van der Waals surface area contributed by atoms with Gasteiger partial charge in [0, 0.05) is 45.3 Å². The molecular formula is C22H46N4. The molecule has 26 heavy (non-hydrogen) atoms. The number of hydrogen-bond donors (Lipinski definition) is 0. The minimum atomic E-state index is 0.714. The fourth-order valence-corrected chi connectivity index (χ4v) is 4.93. The quantitative estimate of drug-likeness (QED) is 0.741. The Morgan fingerprint density at radius 3 is 1.54 bits per heavy atom. The molecule has 0 N–H and O–H groups in total. The SMILES string of the molecule is CC.CC(C)N1CCN(CCN2CCC(C3CCN(C)CC3)CC2)CC1. The number of hydrogen-bond acceptors (Lipinski definition) is 4. The molecule has 0 aliphatic carbocycles. The highest BCUT2D eigenvalue weighted by Crippen LogP contribution is 2.32. The van der Waals surface area contributed by atoms with Crippen LogP contribution in [0.2, 0.25) is 0 Å². The highest BCUT2D eigenvalue weighted by molar-refractivity contribution is 4.82. The Labute approximate surface area is 163 Å². The van der Waals surface area contributed by atoms with Crippen LogP contribution in [0.25, 0.3) is 0 Å². The van der Waals surface area contributed by atoms with E-state index in [1.165, 1.54) is 91.1 Å². The maximum Gasteiger partial charge on any atom is 0.0113 e. The Hall–Kier alpha value is -0.160. The van der Waals surface area contributed by atoms with Crippen LogP contribution in [0.3, 0.4) is 0 Å². The highest BCUT2D eigenvalue weighted by Gasteiger charge is 2.29. The summed E-state index contributed by atoms with van der Waals surface area (Å²) in [6.07, 6.45) is 5.80. The van der Waals surface area contributed by atoms with Crippen molar-refractivity contribution in [1.29, 1.82) is 0 Å². The van der Waals surface area contributed by atoms with E-state index in [0.717, 1.165) is 11.8 Å². The maximum absolute atomic E-state index is 2.74. The predicted octanol–water partition coefficient (Wildman–Crippen LogP) is 3.09. The zero-order valence-corrected chi connectivity index (χ0v) is 18.4. The van der Waals surface area contributed by atoms with E-state index < -0.39 is 0 Å². The molecule has 3 heterocycles. The number of rotatable bonds is 5. The summed E-state index contributed by atoms with van der Waals surface area (Å²) in [7, 11) is 2.28. The summed E-state index contributed by atoms with van der Waals surface area (Å²) in [4.78, 5) is 10.5. The summed E-state index contributed by atoms with van der Waals surface area (Å²) >= 11 is 0. The molecule has 0 radical (unpaired) electrons. The fraction of sp³-hybridized carbons (Fsp3) is 1.00. The van der Waals surface area contributed by atoms with E-state index >= 15 is 0 Å². The zero-order valence-electron chi connectivity index (χ0n) is 18.4. The average molecular weight is 367 g/mol. The van der Waals surface area contributed by atoms with Gasteiger partial charge in [-0.05, 0) is 84.6 Å². The molecule has 3 aliphatic heterocycles. The van der Waals surface area contributed by atoms with Crippen LogP contribution in [0, 0.1) is 11.8 Å². The van der Waals surface area contributed by atoms with Crippen molar-refractivity contribution in [3.05, 3.63) is 0 Å². The normalized spacial score (nSPS) is 26.1. The summed E-state index contributed by atoms with van der Waals surface area (Å²) in [6, 6.07) is 0.714. The minimum Gasteiger partial charge on any atom is -0.306 e. The molecule has 3 fully saturated rings. The van der Waals surface area contributed by atoms with Crippen LogP contribution in [0.5, 0.6) is 0 Å². The van der Waals surface area contributed by atoms with Gasteiger partial charge in [0.25, 0.3) is 0 Å². The van der Waals surface area contributed by atoms with Crippen LogP contribution in [0.1, 0.15) is 53.4 Å². The van der Waals surface area contributed by atoms with E-state index in [-0.39, 0.29) is 0 Å². The van der Waals surface area contributed by atoms with E-state index in [2.05, 4.69) is 40.5 Å². The van der Waals surface area contributed by atoms with Gasteiger partial charge in [0.1, 0.15) is 0 Å². The Balaban J connectivity index is 0.00000117. The Kier molecular flexibility index (Phi) is 9.90. The summed E-state index contributed by atoms with van der Waals surface area (Å²) < 4.78 is 0. The standard InChI is InChI=1S/C20H40N4.C2H6/c1-18(2)24-16-14-23(15-17-24)13-12-22-10-6-20(7-11-22)19-4-8-21(3)9-5-19;1-2/h18-20H,4-17H2,1-3H3;1-2H3. The van der Waals surface area contributed by atoms with Crippen LogP contribution < -0.4 is 0 Å². The second-order valence-corrected chi connectivity index (χ2v) is 8.79. The fourth-order valence-electron chi connectivity index (χ4n) is 4.93. The third-order valence-electron chi connectivity index (χ3n) is 6.93. The molecule has 0 bridgehead atoms. The maximum atomic E-state index is 2.74. The molecule has 0 spiro atoms. The van der Waals surface area contributed by atoms with Crippen molar-refractivity contribution in [1.82, 2.24) is 19.6 Å². The monoisotopic (exact) mass is 366 g/mol. The van der Waals surface area contributed by atoms with Crippen molar-refractivity contribution < 1.29 is 0 Å². The molecule has 0 atom stereocenters. The van der Waals surface area contributed by atoms with Crippen molar-refractivity contribution >= 4 is 0 Å². The lowest BCUT2D eigenvalue weighted by molar-refractivity contribution is 0.0785. The summed E-state index contributed by atoms with van der Waals surface area (Å²) in [5.74, 6) is 2.04. The summed E-state index contributed by atoms with van der Waals surface area (Å²) in [5.41, 5.74) is 0. The van der Waals surface area contributed by atoms with E-state index in [9.17, 15) is 0 Å². The van der Waals surface area contributed by atoms with Gasteiger partial charge in [0.15, 0.2) is 0 Å². The van der Waals surface area contributed by atoms with Gasteiger partial charge in [-0.15, -0.1) is 0 Å². The van der Waals surface area contributed by atoms with Crippen LogP contribution in [-0.4, -0.2) is 98.1 Å². The van der Waals surface area contributed by atoms with Gasteiger partial charge >= 0.3 is 0 Å². The molecule has 0 unspecified atom stereocenters. The number of piperazine rings is 1. The van der Waals surface area contributed by atoms with Gasteiger partial charge in [0.2, 0.25) is 0 Å². The van der Waals surface area contributed by atoms with Gasteiger partial charge in [-0.25, -0.2) is 0 Å². The average Bonchev–Trinajstić information content (AvgIpc) is 2.69. The van der Waals surface area contributed by atoms with Crippen molar-refractivity contribution in [3.8, 4) is 0 Å². The molecule has 0 aromatic heterocycles. The van der Waals surface area contributed by atoms with Gasteiger partial charge in [-0.3, -0.25) is 9.80 Å². The van der Waals surface area contributed by atoms with Crippen LogP contribution in [-0.2, 0) is 0 Å². The highest BCUT2D eigenvalue weighted by atomic mass is 15.3. The number of likely N-dealkylation sites (tertiary alicyclic amines) is 2. The lowest BCUT2D eigenvalue weighted by Crippen LogP contribution is -2.50. The third-order valence-corrected chi connectivity index (χ3v) is 6.93. The molecule has 0 aromatic rings. The van der Waals surface area contributed by atoms with Gasteiger partial charge in [-0.1, -0.05) is 13.8 Å². The van der Waals surface area contributed by atoms with E-state index in [1.807, 2.05) is 13.8 Å². The molecular weight excluding hydrogens is 320 g/mol. The van der Waals surface area contributed by atoms with Crippen molar-refractivity contribution in [2.45, 2.75) is 59.4 Å². The zero-order chi connectivity index (χ0) is 18.9. The second-order valence-electron chi connectivity index (χ2n) is 8.79. The van der Waals surface area contributed by atoms with Gasteiger partial charge in [-0.2, -0.15) is 0 Å². The molecule has 3 rings (SSSR count). The molecule has 0 amide bonds. The first-order valence-corrected chi connectivity index (χ1v) is 11.5. The van der Waals surface area contributed by atoms with Crippen LogP contribution >= 0.6 is 0 Å².